The lowest BCUT2D eigenvalue weighted by Crippen LogP contribution is -2.42. The van der Waals surface area contributed by atoms with Crippen LogP contribution in [0.1, 0.15) is 64.0 Å². The topological polar surface area (TPSA) is 81.7 Å². The Morgan fingerprint density at radius 2 is 1.63 bits per heavy atom. The Balaban J connectivity index is 1.42. The van der Waals surface area contributed by atoms with Crippen molar-refractivity contribution in [2.75, 3.05) is 36.4 Å². The minimum atomic E-state index is -3.26. The second-order valence-electron chi connectivity index (χ2n) is 10.5. The van der Waals surface area contributed by atoms with E-state index < -0.39 is 20.4 Å². The average Bonchev–Trinajstić information content (AvgIpc) is 2.79. The van der Waals surface area contributed by atoms with Gasteiger partial charge in [0, 0.05) is 42.6 Å². The van der Waals surface area contributed by atoms with Gasteiger partial charge in [0.05, 0.1) is 10.3 Å². The van der Waals surface area contributed by atoms with E-state index in [-0.39, 0.29) is 0 Å². The lowest BCUT2D eigenvalue weighted by atomic mass is 9.84. The molecule has 35 heavy (non-hydrogen) atoms. The molecule has 6 nitrogen and oxygen atoms in total. The summed E-state index contributed by atoms with van der Waals surface area (Å²) in [7, 11) is -3.26. The van der Waals surface area contributed by atoms with Crippen LogP contribution in [0.15, 0.2) is 42.5 Å². The maximum Gasteiger partial charge on any atom is 0.216 e. The molecule has 0 atom stereocenters. The van der Waals surface area contributed by atoms with E-state index in [1.54, 1.807) is 20.8 Å². The monoisotopic (exact) mass is 521 g/mol. The van der Waals surface area contributed by atoms with Gasteiger partial charge < -0.3 is 15.3 Å². The second kappa shape index (κ2) is 11.5. The van der Waals surface area contributed by atoms with Gasteiger partial charge in [0.25, 0.3) is 0 Å². The third-order valence-electron chi connectivity index (χ3n) is 6.81. The molecular formula is C27H40ClN3O3S. The van der Waals surface area contributed by atoms with Gasteiger partial charge >= 0.3 is 0 Å². The average molecular weight is 522 g/mol. The van der Waals surface area contributed by atoms with E-state index in [4.69, 9.17) is 11.6 Å². The van der Waals surface area contributed by atoms with Gasteiger partial charge in [-0.2, -0.15) is 0 Å². The maximum atomic E-state index is 12.1. The lowest BCUT2D eigenvalue weighted by Gasteiger charge is -2.40. The van der Waals surface area contributed by atoms with Gasteiger partial charge in [-0.3, -0.25) is 0 Å². The minimum absolute atomic E-state index is 0.482. The number of benzene rings is 2. The van der Waals surface area contributed by atoms with Gasteiger partial charge in [0.2, 0.25) is 10.0 Å². The number of halogens is 1. The number of aryl methyl sites for hydroxylation is 1. The molecule has 1 fully saturated rings. The summed E-state index contributed by atoms with van der Waals surface area (Å²) in [5.74, 6) is 0. The number of unbranched alkanes of at least 4 members (excludes halogenated alkanes) is 2. The molecule has 8 heteroatoms. The van der Waals surface area contributed by atoms with Crippen molar-refractivity contribution in [2.24, 2.45) is 0 Å². The van der Waals surface area contributed by atoms with Crippen molar-refractivity contribution in [3.8, 4) is 0 Å². The zero-order valence-corrected chi connectivity index (χ0v) is 23.0. The Hall–Kier alpha value is -1.80. The first-order valence-corrected chi connectivity index (χ1v) is 14.3. The van der Waals surface area contributed by atoms with Crippen LogP contribution in [-0.2, 0) is 15.6 Å². The fraction of sp³-hybridized carbons (Fsp3) is 0.556. The molecule has 194 valence electrons. The summed E-state index contributed by atoms with van der Waals surface area (Å²) >= 11 is 6.00. The van der Waals surface area contributed by atoms with Crippen LogP contribution in [0, 0.1) is 6.92 Å². The predicted molar refractivity (Wildman–Crippen MR) is 147 cm³/mol. The predicted octanol–water partition coefficient (Wildman–Crippen LogP) is 5.44. The molecule has 0 saturated carbocycles. The highest BCUT2D eigenvalue weighted by Crippen LogP contribution is 2.35. The van der Waals surface area contributed by atoms with Crippen molar-refractivity contribution in [3.63, 3.8) is 0 Å². The van der Waals surface area contributed by atoms with Crippen LogP contribution in [0.2, 0.25) is 5.02 Å². The molecule has 1 aliphatic heterocycles. The van der Waals surface area contributed by atoms with E-state index in [0.29, 0.717) is 24.4 Å². The molecule has 0 aliphatic carbocycles. The normalized spacial score (nSPS) is 16.3. The Kier molecular flexibility index (Phi) is 9.13. The summed E-state index contributed by atoms with van der Waals surface area (Å²) in [5, 5.41) is 15.3. The summed E-state index contributed by atoms with van der Waals surface area (Å²) in [6.07, 6.45) is 4.13. The first kappa shape index (κ1) is 27.8. The van der Waals surface area contributed by atoms with E-state index in [1.807, 2.05) is 24.3 Å². The molecule has 0 radical (unpaired) electrons. The largest absolute Gasteiger partial charge is 0.385 e. The number of anilines is 2. The first-order chi connectivity index (χ1) is 16.4. The van der Waals surface area contributed by atoms with Gasteiger partial charge in [0.15, 0.2) is 0 Å². The van der Waals surface area contributed by atoms with Crippen molar-refractivity contribution in [2.45, 2.75) is 70.1 Å². The standard InChI is InChI=1S/C27H40ClN3O3S/c1-21-20-24(31-18-14-27(32,15-19-31)22-8-10-23(28)11-9-22)12-13-25(21)29-16-6-5-7-17-30-35(33,34)26(2,3)4/h8-13,20,29-30,32H,5-7,14-19H2,1-4H3. The number of nitrogens with zero attached hydrogens (tertiary/aromatic N) is 1. The smallest absolute Gasteiger partial charge is 0.216 e. The molecule has 3 rings (SSSR count). The maximum absolute atomic E-state index is 12.1. The summed E-state index contributed by atoms with van der Waals surface area (Å²) < 4.78 is 26.1. The minimum Gasteiger partial charge on any atom is -0.385 e. The molecule has 3 N–H and O–H groups in total. The fourth-order valence-corrected chi connectivity index (χ4v) is 5.27. The molecule has 1 heterocycles. The Morgan fingerprint density at radius 3 is 2.23 bits per heavy atom. The molecular weight excluding hydrogens is 482 g/mol. The van der Waals surface area contributed by atoms with Gasteiger partial charge in [0.1, 0.15) is 0 Å². The van der Waals surface area contributed by atoms with E-state index in [9.17, 15) is 13.5 Å². The van der Waals surface area contributed by atoms with Crippen molar-refractivity contribution >= 4 is 33.0 Å². The zero-order chi connectivity index (χ0) is 25.7. The molecule has 0 amide bonds. The fourth-order valence-electron chi connectivity index (χ4n) is 4.30. The van der Waals surface area contributed by atoms with Crippen LogP contribution in [0.5, 0.6) is 0 Å². The number of piperidine rings is 1. The third-order valence-corrected chi connectivity index (χ3v) is 9.26. The molecule has 0 unspecified atom stereocenters. The van der Waals surface area contributed by atoms with Gasteiger partial charge in [-0.15, -0.1) is 0 Å². The highest BCUT2D eigenvalue weighted by Gasteiger charge is 2.34. The van der Waals surface area contributed by atoms with Crippen LogP contribution in [0.4, 0.5) is 11.4 Å². The number of hydrogen-bond acceptors (Lipinski definition) is 5. The van der Waals surface area contributed by atoms with Crippen molar-refractivity contribution in [3.05, 3.63) is 58.6 Å². The SMILES string of the molecule is Cc1cc(N2CCC(O)(c3ccc(Cl)cc3)CC2)ccc1NCCCCCNS(=O)(=O)C(C)(C)C. The number of hydrogen-bond donors (Lipinski definition) is 3. The summed E-state index contributed by atoms with van der Waals surface area (Å²) in [6, 6.07) is 14.0. The van der Waals surface area contributed by atoms with Crippen LogP contribution in [0.3, 0.4) is 0 Å². The van der Waals surface area contributed by atoms with Gasteiger partial charge in [-0.25, -0.2) is 13.1 Å². The molecule has 2 aromatic carbocycles. The summed E-state index contributed by atoms with van der Waals surface area (Å²) in [6.45, 7) is 10.2. The summed E-state index contributed by atoms with van der Waals surface area (Å²) in [4.78, 5) is 2.33. The van der Waals surface area contributed by atoms with E-state index in [1.165, 1.54) is 11.3 Å². The number of nitrogens with one attached hydrogen (secondary N) is 2. The van der Waals surface area contributed by atoms with Gasteiger partial charge in [-0.05, 0) is 94.8 Å². The number of aliphatic hydroxyl groups is 1. The molecule has 2 aromatic rings. The highest BCUT2D eigenvalue weighted by atomic mass is 35.5. The number of rotatable bonds is 10. The van der Waals surface area contributed by atoms with Crippen molar-refractivity contribution in [1.29, 1.82) is 0 Å². The highest BCUT2D eigenvalue weighted by molar-refractivity contribution is 7.90. The second-order valence-corrected chi connectivity index (χ2v) is 13.5. The Bertz CT molecular complexity index is 1070. The third kappa shape index (κ3) is 7.35. The molecule has 1 aliphatic rings. The quantitative estimate of drug-likeness (QED) is 0.363. The van der Waals surface area contributed by atoms with Crippen molar-refractivity contribution in [1.82, 2.24) is 4.72 Å². The molecule has 0 spiro atoms. The van der Waals surface area contributed by atoms with E-state index in [2.05, 4.69) is 40.1 Å². The Morgan fingerprint density at radius 1 is 1.00 bits per heavy atom. The Labute approximate surface area is 216 Å². The first-order valence-electron chi connectivity index (χ1n) is 12.5. The molecule has 0 aromatic heterocycles. The van der Waals surface area contributed by atoms with Crippen LogP contribution in [-0.4, -0.2) is 44.5 Å². The zero-order valence-electron chi connectivity index (χ0n) is 21.4. The molecule has 0 bridgehead atoms. The van der Waals surface area contributed by atoms with Crippen molar-refractivity contribution < 1.29 is 13.5 Å². The van der Waals surface area contributed by atoms with Crippen LogP contribution >= 0.6 is 11.6 Å². The van der Waals surface area contributed by atoms with Crippen LogP contribution < -0.4 is 14.9 Å². The van der Waals surface area contributed by atoms with E-state index in [0.717, 1.165) is 50.1 Å². The summed E-state index contributed by atoms with van der Waals surface area (Å²) in [5.41, 5.74) is 3.63. The van der Waals surface area contributed by atoms with Crippen LogP contribution in [0.25, 0.3) is 0 Å². The van der Waals surface area contributed by atoms with Gasteiger partial charge in [-0.1, -0.05) is 30.2 Å². The lowest BCUT2D eigenvalue weighted by molar-refractivity contribution is 0.0118. The van der Waals surface area contributed by atoms with E-state index >= 15 is 0 Å². The molecule has 1 saturated heterocycles. The number of sulfonamides is 1.